The van der Waals surface area contributed by atoms with Crippen LogP contribution >= 0.6 is 0 Å². The molecule has 0 aromatic heterocycles. The molecule has 1 aliphatic carbocycles. The highest BCUT2D eigenvalue weighted by Crippen LogP contribution is 2.31. The zero-order chi connectivity index (χ0) is 17.7. The van der Waals surface area contributed by atoms with E-state index in [1.807, 2.05) is 54.6 Å². The molecule has 3 rings (SSSR count). The quantitative estimate of drug-likeness (QED) is 0.689. The molecule has 25 heavy (non-hydrogen) atoms. The van der Waals surface area contributed by atoms with E-state index in [1.54, 1.807) is 11.4 Å². The van der Waals surface area contributed by atoms with Gasteiger partial charge in [-0.25, -0.2) is 8.42 Å². The molecule has 0 aliphatic heterocycles. The van der Waals surface area contributed by atoms with Crippen molar-refractivity contribution in [1.82, 2.24) is 4.31 Å². The molecular formula is C19H23NO4S. The van der Waals surface area contributed by atoms with Crippen LogP contribution in [0.15, 0.2) is 54.6 Å². The molecule has 0 atom stereocenters. The summed E-state index contributed by atoms with van der Waals surface area (Å²) in [6.45, 7) is 0.542. The maximum atomic E-state index is 12.8. The van der Waals surface area contributed by atoms with Gasteiger partial charge in [0.05, 0.1) is 12.9 Å². The predicted molar refractivity (Wildman–Crippen MR) is 97.3 cm³/mol. The summed E-state index contributed by atoms with van der Waals surface area (Å²) in [7, 11) is -1.75. The van der Waals surface area contributed by atoms with Crippen LogP contribution < -0.4 is 9.47 Å². The summed E-state index contributed by atoms with van der Waals surface area (Å²) in [6.07, 6.45) is 1.85. The minimum absolute atomic E-state index is 0.0193. The number of sulfonamides is 1. The molecule has 1 saturated carbocycles. The number of methoxy groups -OCH3 is 1. The minimum atomic E-state index is -3.37. The SMILES string of the molecule is COc1ccc(CN(C2CC2)S(=O)(=O)CCOc2ccccc2)cc1. The van der Waals surface area contributed by atoms with Crippen LogP contribution in [0.2, 0.25) is 0 Å². The summed E-state index contributed by atoms with van der Waals surface area (Å²) in [5, 5.41) is 0. The molecule has 0 radical (unpaired) electrons. The number of para-hydroxylation sites is 1. The molecule has 2 aromatic rings. The van der Waals surface area contributed by atoms with Crippen molar-refractivity contribution < 1.29 is 17.9 Å². The first kappa shape index (κ1) is 17.8. The van der Waals surface area contributed by atoms with E-state index in [2.05, 4.69) is 0 Å². The van der Waals surface area contributed by atoms with Gasteiger partial charge in [0.1, 0.15) is 18.1 Å². The lowest BCUT2D eigenvalue weighted by Crippen LogP contribution is -2.36. The van der Waals surface area contributed by atoms with Gasteiger partial charge >= 0.3 is 0 Å². The predicted octanol–water partition coefficient (Wildman–Crippen LogP) is 3.07. The average Bonchev–Trinajstić information content (AvgIpc) is 3.45. The molecule has 0 spiro atoms. The zero-order valence-corrected chi connectivity index (χ0v) is 15.1. The van der Waals surface area contributed by atoms with Crippen molar-refractivity contribution in [1.29, 1.82) is 0 Å². The number of hydrogen-bond donors (Lipinski definition) is 0. The van der Waals surface area contributed by atoms with Crippen LogP contribution in [0.3, 0.4) is 0 Å². The van der Waals surface area contributed by atoms with Gasteiger partial charge in [0, 0.05) is 12.6 Å². The van der Waals surface area contributed by atoms with Crippen molar-refractivity contribution in [2.45, 2.75) is 25.4 Å². The topological polar surface area (TPSA) is 55.8 Å². The summed E-state index contributed by atoms with van der Waals surface area (Å²) >= 11 is 0. The third-order valence-corrected chi connectivity index (χ3v) is 5.99. The second kappa shape index (κ2) is 7.89. The van der Waals surface area contributed by atoms with E-state index in [4.69, 9.17) is 9.47 Å². The average molecular weight is 361 g/mol. The number of hydrogen-bond acceptors (Lipinski definition) is 4. The Hall–Kier alpha value is -2.05. The van der Waals surface area contributed by atoms with Gasteiger partial charge in [0.25, 0.3) is 0 Å². The fourth-order valence-corrected chi connectivity index (χ4v) is 4.17. The van der Waals surface area contributed by atoms with E-state index < -0.39 is 10.0 Å². The fourth-order valence-electron chi connectivity index (χ4n) is 2.63. The molecule has 0 unspecified atom stereocenters. The van der Waals surface area contributed by atoms with Crippen molar-refractivity contribution >= 4 is 10.0 Å². The molecule has 0 saturated heterocycles. The smallest absolute Gasteiger partial charge is 0.218 e. The molecule has 6 heteroatoms. The standard InChI is InChI=1S/C19H23NO4S/c1-23-18-11-7-16(8-12-18)15-20(17-9-10-17)25(21,22)14-13-24-19-5-3-2-4-6-19/h2-8,11-12,17H,9-10,13-15H2,1H3. The largest absolute Gasteiger partial charge is 0.497 e. The van der Waals surface area contributed by atoms with Crippen molar-refractivity contribution in [3.05, 3.63) is 60.2 Å². The fraction of sp³-hybridized carbons (Fsp3) is 0.368. The van der Waals surface area contributed by atoms with Crippen LogP contribution in [0.25, 0.3) is 0 Å². The van der Waals surface area contributed by atoms with Gasteiger partial charge in [-0.15, -0.1) is 0 Å². The van der Waals surface area contributed by atoms with Gasteiger partial charge in [-0.1, -0.05) is 30.3 Å². The molecule has 0 bridgehead atoms. The van der Waals surface area contributed by atoms with Crippen molar-refractivity contribution in [3.63, 3.8) is 0 Å². The summed E-state index contributed by atoms with van der Waals surface area (Å²) in [5.41, 5.74) is 0.959. The van der Waals surface area contributed by atoms with E-state index >= 15 is 0 Å². The Labute approximate surface area is 149 Å². The monoisotopic (exact) mass is 361 g/mol. The third kappa shape index (κ3) is 4.96. The summed E-state index contributed by atoms with van der Waals surface area (Å²) < 4.78 is 37.8. The summed E-state index contributed by atoms with van der Waals surface area (Å²) in [4.78, 5) is 0. The zero-order valence-electron chi connectivity index (χ0n) is 14.3. The lowest BCUT2D eigenvalue weighted by atomic mass is 10.2. The van der Waals surface area contributed by atoms with Crippen LogP contribution in [0, 0.1) is 0 Å². The highest BCUT2D eigenvalue weighted by Gasteiger charge is 2.36. The third-order valence-electron chi connectivity index (χ3n) is 4.16. The molecule has 0 amide bonds. The molecule has 134 valence electrons. The van der Waals surface area contributed by atoms with Crippen molar-refractivity contribution in [2.75, 3.05) is 19.5 Å². The Bertz CT molecular complexity index is 771. The van der Waals surface area contributed by atoms with Gasteiger partial charge in [-0.05, 0) is 42.7 Å². The summed E-state index contributed by atoms with van der Waals surface area (Å²) in [6, 6.07) is 16.9. The second-order valence-electron chi connectivity index (χ2n) is 6.10. The molecular weight excluding hydrogens is 338 g/mol. The van der Waals surface area contributed by atoms with Crippen LogP contribution in [0.4, 0.5) is 0 Å². The molecule has 5 nitrogen and oxygen atoms in total. The van der Waals surface area contributed by atoms with Gasteiger partial charge in [-0.3, -0.25) is 0 Å². The van der Waals surface area contributed by atoms with Crippen LogP contribution in [-0.4, -0.2) is 38.2 Å². The maximum Gasteiger partial charge on any atom is 0.218 e. The molecule has 0 heterocycles. The van der Waals surface area contributed by atoms with Crippen LogP contribution in [0.5, 0.6) is 11.5 Å². The van der Waals surface area contributed by atoms with E-state index in [0.717, 1.165) is 24.2 Å². The minimum Gasteiger partial charge on any atom is -0.497 e. The normalized spacial score (nSPS) is 14.5. The van der Waals surface area contributed by atoms with Crippen molar-refractivity contribution in [3.8, 4) is 11.5 Å². The Morgan fingerprint density at radius 2 is 1.68 bits per heavy atom. The van der Waals surface area contributed by atoms with E-state index in [9.17, 15) is 8.42 Å². The van der Waals surface area contributed by atoms with Gasteiger partial charge in [0.2, 0.25) is 10.0 Å². The second-order valence-corrected chi connectivity index (χ2v) is 8.14. The van der Waals surface area contributed by atoms with Crippen LogP contribution in [0.1, 0.15) is 18.4 Å². The Morgan fingerprint density at radius 1 is 1.00 bits per heavy atom. The lowest BCUT2D eigenvalue weighted by molar-refractivity contribution is 0.332. The van der Waals surface area contributed by atoms with Gasteiger partial charge in [0.15, 0.2) is 0 Å². The first-order valence-corrected chi connectivity index (χ1v) is 10.00. The molecule has 2 aromatic carbocycles. The highest BCUT2D eigenvalue weighted by atomic mass is 32.2. The number of ether oxygens (including phenoxy) is 2. The maximum absolute atomic E-state index is 12.8. The highest BCUT2D eigenvalue weighted by molar-refractivity contribution is 7.89. The van der Waals surface area contributed by atoms with E-state index in [-0.39, 0.29) is 18.4 Å². The van der Waals surface area contributed by atoms with Crippen LogP contribution in [-0.2, 0) is 16.6 Å². The Kier molecular flexibility index (Phi) is 5.60. The first-order valence-electron chi connectivity index (χ1n) is 8.39. The first-order chi connectivity index (χ1) is 12.1. The molecule has 1 aliphatic rings. The Balaban J connectivity index is 1.62. The number of benzene rings is 2. The number of rotatable bonds is 9. The van der Waals surface area contributed by atoms with E-state index in [0.29, 0.717) is 12.3 Å². The Morgan fingerprint density at radius 3 is 2.28 bits per heavy atom. The van der Waals surface area contributed by atoms with Crippen molar-refractivity contribution in [2.24, 2.45) is 0 Å². The molecule has 0 N–H and O–H groups in total. The van der Waals surface area contributed by atoms with E-state index in [1.165, 1.54) is 0 Å². The van der Waals surface area contributed by atoms with Gasteiger partial charge < -0.3 is 9.47 Å². The summed E-state index contributed by atoms with van der Waals surface area (Å²) in [5.74, 6) is 1.43. The number of nitrogens with zero attached hydrogens (tertiary/aromatic N) is 1. The molecule has 1 fully saturated rings. The van der Waals surface area contributed by atoms with Gasteiger partial charge in [-0.2, -0.15) is 4.31 Å². The lowest BCUT2D eigenvalue weighted by Gasteiger charge is -2.22.